The summed E-state index contributed by atoms with van der Waals surface area (Å²) in [6, 6.07) is 0. The van der Waals surface area contributed by atoms with Crippen molar-refractivity contribution in [2.45, 2.75) is 67.2 Å². The zero-order valence-corrected chi connectivity index (χ0v) is 10.3. The fourth-order valence-corrected chi connectivity index (χ4v) is 3.67. The summed E-state index contributed by atoms with van der Waals surface area (Å²) in [6.45, 7) is 14.5. The van der Waals surface area contributed by atoms with Crippen LogP contribution < -0.4 is 0 Å². The van der Waals surface area contributed by atoms with Crippen molar-refractivity contribution >= 4 is 0 Å². The Hall–Kier alpha value is 0. The molecule has 0 amide bonds. The van der Waals surface area contributed by atoms with Crippen molar-refractivity contribution in [2.75, 3.05) is 0 Å². The van der Waals surface area contributed by atoms with Crippen molar-refractivity contribution in [3.8, 4) is 0 Å². The molecule has 1 unspecified atom stereocenters. The van der Waals surface area contributed by atoms with Crippen molar-refractivity contribution in [1.29, 1.82) is 0 Å². The van der Waals surface area contributed by atoms with Gasteiger partial charge in [0.1, 0.15) is 0 Å². The van der Waals surface area contributed by atoms with Gasteiger partial charge in [-0.15, -0.1) is 0 Å². The molecule has 1 rings (SSSR count). The van der Waals surface area contributed by atoms with Crippen molar-refractivity contribution in [3.63, 3.8) is 0 Å². The average Bonchev–Trinajstić information content (AvgIpc) is 2.13. The Labute approximate surface area is 84.1 Å². The Balaban J connectivity index is 2.90. The van der Waals surface area contributed by atoms with E-state index in [1.807, 2.05) is 0 Å². The van der Waals surface area contributed by atoms with E-state index >= 15 is 0 Å². The molecular formula is C13H26. The molecule has 1 atom stereocenters. The maximum absolute atomic E-state index is 2.48. The lowest BCUT2D eigenvalue weighted by atomic mass is 9.36. The van der Waals surface area contributed by atoms with E-state index in [-0.39, 0.29) is 0 Å². The maximum Gasteiger partial charge on any atom is -0.0241 e. The van der Waals surface area contributed by atoms with E-state index in [0.717, 1.165) is 0 Å². The van der Waals surface area contributed by atoms with Crippen molar-refractivity contribution in [3.05, 3.63) is 0 Å². The van der Waals surface area contributed by atoms with Crippen LogP contribution in [0.25, 0.3) is 0 Å². The fourth-order valence-electron chi connectivity index (χ4n) is 3.67. The lowest BCUT2D eigenvalue weighted by Gasteiger charge is -2.69. The molecule has 0 aliphatic heterocycles. The third-order valence-electron chi connectivity index (χ3n) is 5.70. The van der Waals surface area contributed by atoms with E-state index in [1.165, 1.54) is 25.7 Å². The number of hydrogen-bond donors (Lipinski definition) is 0. The standard InChI is InChI=1S/C13H26/c1-7-12(6)10-13(8-2,9-3)11(12,4)5/h7-10H2,1-6H3. The molecule has 0 nitrogen and oxygen atoms in total. The lowest BCUT2D eigenvalue weighted by molar-refractivity contribution is -0.195. The van der Waals surface area contributed by atoms with Gasteiger partial charge in [-0.05, 0) is 35.5 Å². The summed E-state index contributed by atoms with van der Waals surface area (Å²) >= 11 is 0. The Morgan fingerprint density at radius 3 is 1.54 bits per heavy atom. The van der Waals surface area contributed by atoms with Crippen molar-refractivity contribution in [1.82, 2.24) is 0 Å². The van der Waals surface area contributed by atoms with E-state index in [1.54, 1.807) is 0 Å². The highest BCUT2D eigenvalue weighted by molar-refractivity contribution is 5.12. The Bertz CT molecular complexity index is 186. The molecule has 78 valence electrons. The molecule has 0 aromatic heterocycles. The van der Waals surface area contributed by atoms with Gasteiger partial charge in [0.05, 0.1) is 0 Å². The highest BCUT2D eigenvalue weighted by Gasteiger charge is 2.63. The second kappa shape index (κ2) is 3.00. The van der Waals surface area contributed by atoms with E-state index in [9.17, 15) is 0 Å². The molecule has 1 fully saturated rings. The smallest absolute Gasteiger partial charge is 0.0241 e. The predicted molar refractivity (Wildman–Crippen MR) is 59.8 cm³/mol. The van der Waals surface area contributed by atoms with Gasteiger partial charge in [0.2, 0.25) is 0 Å². The predicted octanol–water partition coefficient (Wildman–Crippen LogP) is 4.64. The van der Waals surface area contributed by atoms with Crippen LogP contribution in [0.5, 0.6) is 0 Å². The van der Waals surface area contributed by atoms with Gasteiger partial charge < -0.3 is 0 Å². The minimum Gasteiger partial charge on any atom is -0.0648 e. The molecule has 0 radical (unpaired) electrons. The van der Waals surface area contributed by atoms with E-state index < -0.39 is 0 Å². The van der Waals surface area contributed by atoms with Gasteiger partial charge >= 0.3 is 0 Å². The van der Waals surface area contributed by atoms with Crippen molar-refractivity contribution in [2.24, 2.45) is 16.2 Å². The van der Waals surface area contributed by atoms with Gasteiger partial charge in [-0.3, -0.25) is 0 Å². The monoisotopic (exact) mass is 182 g/mol. The lowest BCUT2D eigenvalue weighted by Crippen LogP contribution is -2.60. The molecule has 1 aliphatic carbocycles. The molecule has 1 saturated carbocycles. The van der Waals surface area contributed by atoms with Crippen LogP contribution in [-0.2, 0) is 0 Å². The van der Waals surface area contributed by atoms with Crippen LogP contribution in [-0.4, -0.2) is 0 Å². The molecule has 0 bridgehead atoms. The molecular weight excluding hydrogens is 156 g/mol. The highest BCUT2D eigenvalue weighted by Crippen LogP contribution is 2.71. The van der Waals surface area contributed by atoms with Crippen molar-refractivity contribution < 1.29 is 0 Å². The van der Waals surface area contributed by atoms with Gasteiger partial charge in [0.15, 0.2) is 0 Å². The Morgan fingerprint density at radius 1 is 0.846 bits per heavy atom. The first-order valence-corrected chi connectivity index (χ1v) is 5.89. The van der Waals surface area contributed by atoms with Gasteiger partial charge in [0.25, 0.3) is 0 Å². The summed E-state index contributed by atoms with van der Waals surface area (Å²) in [4.78, 5) is 0. The molecule has 0 N–H and O–H groups in total. The molecule has 0 aromatic rings. The van der Waals surface area contributed by atoms with Crippen LogP contribution in [0, 0.1) is 16.2 Å². The van der Waals surface area contributed by atoms with Crippen LogP contribution in [0.3, 0.4) is 0 Å². The van der Waals surface area contributed by atoms with Gasteiger partial charge in [0, 0.05) is 0 Å². The van der Waals surface area contributed by atoms with E-state index in [4.69, 9.17) is 0 Å². The van der Waals surface area contributed by atoms with E-state index in [0.29, 0.717) is 16.2 Å². The normalized spacial score (nSPS) is 35.5. The molecule has 13 heavy (non-hydrogen) atoms. The van der Waals surface area contributed by atoms with Crippen LogP contribution in [0.2, 0.25) is 0 Å². The summed E-state index contributed by atoms with van der Waals surface area (Å²) in [6.07, 6.45) is 5.48. The number of rotatable bonds is 3. The third-order valence-corrected chi connectivity index (χ3v) is 5.70. The van der Waals surface area contributed by atoms with Crippen LogP contribution in [0.1, 0.15) is 67.2 Å². The van der Waals surface area contributed by atoms with Gasteiger partial charge in [-0.25, -0.2) is 0 Å². The van der Waals surface area contributed by atoms with Gasteiger partial charge in [-0.2, -0.15) is 0 Å². The molecule has 0 heterocycles. The third kappa shape index (κ3) is 1.10. The minimum absolute atomic E-state index is 0.540. The summed E-state index contributed by atoms with van der Waals surface area (Å²) in [5.41, 5.74) is 1.77. The quantitative estimate of drug-likeness (QED) is 0.596. The fraction of sp³-hybridized carbons (Fsp3) is 1.00. The summed E-state index contributed by atoms with van der Waals surface area (Å²) in [5.74, 6) is 0. The zero-order chi connectivity index (χ0) is 10.3. The second-order valence-corrected chi connectivity index (χ2v) is 5.70. The molecule has 0 aromatic carbocycles. The highest BCUT2D eigenvalue weighted by atomic mass is 14.7. The van der Waals surface area contributed by atoms with E-state index in [2.05, 4.69) is 41.5 Å². The first-order valence-electron chi connectivity index (χ1n) is 5.89. The maximum atomic E-state index is 2.48. The molecule has 0 spiro atoms. The minimum atomic E-state index is 0.540. The second-order valence-electron chi connectivity index (χ2n) is 5.70. The number of hydrogen-bond acceptors (Lipinski definition) is 0. The Kier molecular flexibility index (Phi) is 2.56. The van der Waals surface area contributed by atoms with Gasteiger partial charge in [-0.1, -0.05) is 48.0 Å². The summed E-state index contributed by atoms with van der Waals surface area (Å²) in [7, 11) is 0. The van der Waals surface area contributed by atoms with Crippen LogP contribution in [0.15, 0.2) is 0 Å². The Morgan fingerprint density at radius 2 is 1.31 bits per heavy atom. The molecule has 0 saturated heterocycles. The van der Waals surface area contributed by atoms with Crippen LogP contribution in [0.4, 0.5) is 0 Å². The SMILES string of the molecule is CCC1(C)CC(CC)(CC)C1(C)C. The summed E-state index contributed by atoms with van der Waals surface area (Å²) < 4.78 is 0. The average molecular weight is 182 g/mol. The first kappa shape index (κ1) is 11.1. The zero-order valence-electron chi connectivity index (χ0n) is 10.3. The summed E-state index contributed by atoms with van der Waals surface area (Å²) in [5, 5.41) is 0. The first-order chi connectivity index (χ1) is 5.89. The van der Waals surface area contributed by atoms with Crippen LogP contribution >= 0.6 is 0 Å². The molecule has 1 aliphatic rings. The molecule has 0 heteroatoms. The largest absolute Gasteiger partial charge is 0.0648 e. The topological polar surface area (TPSA) is 0 Å².